The minimum absolute atomic E-state index is 0.0516. The largest absolute Gasteiger partial charge is 0.462 e. The Labute approximate surface area is 188 Å². The summed E-state index contributed by atoms with van der Waals surface area (Å²) in [5.74, 6) is 1.48. The Morgan fingerprint density at radius 1 is 1.03 bits per heavy atom. The highest BCUT2D eigenvalue weighted by molar-refractivity contribution is 5.72. The number of carbonyl (C=O) groups is 1. The average molecular weight is 420 g/mol. The molecule has 31 heavy (non-hydrogen) atoms. The number of rotatable bonds is 8. The van der Waals surface area contributed by atoms with Crippen LogP contribution in [0.2, 0.25) is 0 Å². The van der Waals surface area contributed by atoms with Crippen molar-refractivity contribution >= 4 is 5.97 Å². The Morgan fingerprint density at radius 2 is 1.74 bits per heavy atom. The zero-order valence-corrected chi connectivity index (χ0v) is 19.0. The van der Waals surface area contributed by atoms with Crippen molar-refractivity contribution in [2.45, 2.75) is 89.6 Å². The third-order valence-corrected chi connectivity index (χ3v) is 7.16. The quantitative estimate of drug-likeness (QED) is 0.258. The summed E-state index contributed by atoms with van der Waals surface area (Å²) in [6.07, 6.45) is 19.2. The number of hydrogen-bond acceptors (Lipinski definition) is 3. The lowest BCUT2D eigenvalue weighted by molar-refractivity contribution is -0.157. The lowest BCUT2D eigenvalue weighted by Gasteiger charge is -2.31. The maximum atomic E-state index is 12.7. The molecule has 2 saturated carbocycles. The predicted molar refractivity (Wildman–Crippen MR) is 125 cm³/mol. The van der Waals surface area contributed by atoms with Gasteiger partial charge in [-0.2, -0.15) is 5.26 Å². The molecule has 0 atom stereocenters. The van der Waals surface area contributed by atoms with Crippen LogP contribution in [0.3, 0.4) is 0 Å². The van der Waals surface area contributed by atoms with Crippen molar-refractivity contribution < 1.29 is 9.53 Å². The first-order chi connectivity index (χ1) is 15.2. The van der Waals surface area contributed by atoms with Gasteiger partial charge in [0, 0.05) is 6.08 Å². The van der Waals surface area contributed by atoms with Crippen molar-refractivity contribution in [1.82, 2.24) is 0 Å². The summed E-state index contributed by atoms with van der Waals surface area (Å²) in [4.78, 5) is 12.7. The first kappa shape index (κ1) is 23.3. The number of esters is 1. The van der Waals surface area contributed by atoms with Crippen molar-refractivity contribution in [2.75, 3.05) is 0 Å². The number of nitrogens with zero attached hydrogens (tertiary/aromatic N) is 1. The van der Waals surface area contributed by atoms with Crippen LogP contribution in [0.5, 0.6) is 0 Å². The SMILES string of the molecule is CCc1ccc([C@H]2CC[C@H](OC(=O)[C@H]3CC[C@H](CCC=CC=CC#N)CC3)CC2)cc1. The highest BCUT2D eigenvalue weighted by Gasteiger charge is 2.30. The van der Waals surface area contributed by atoms with Gasteiger partial charge in [0.1, 0.15) is 6.10 Å². The second kappa shape index (κ2) is 12.5. The van der Waals surface area contributed by atoms with Gasteiger partial charge >= 0.3 is 5.97 Å². The van der Waals surface area contributed by atoms with E-state index in [1.807, 2.05) is 12.1 Å². The van der Waals surface area contributed by atoms with Gasteiger partial charge in [0.05, 0.1) is 12.0 Å². The van der Waals surface area contributed by atoms with Gasteiger partial charge in [-0.25, -0.2) is 0 Å². The fourth-order valence-electron chi connectivity index (χ4n) is 5.09. The van der Waals surface area contributed by atoms with Crippen LogP contribution in [0.4, 0.5) is 0 Å². The molecule has 0 aliphatic heterocycles. The fourth-order valence-corrected chi connectivity index (χ4v) is 5.09. The van der Waals surface area contributed by atoms with Crippen LogP contribution in [0.25, 0.3) is 0 Å². The maximum absolute atomic E-state index is 12.7. The Bertz CT molecular complexity index is 770. The third kappa shape index (κ3) is 7.39. The van der Waals surface area contributed by atoms with Crippen molar-refractivity contribution in [3.63, 3.8) is 0 Å². The molecule has 0 spiro atoms. The molecule has 0 radical (unpaired) electrons. The summed E-state index contributed by atoms with van der Waals surface area (Å²) in [6.45, 7) is 2.19. The second-order valence-electron chi connectivity index (χ2n) is 9.22. The molecule has 0 heterocycles. The van der Waals surface area contributed by atoms with Gasteiger partial charge in [-0.05, 0) is 93.6 Å². The summed E-state index contributed by atoms with van der Waals surface area (Å²) in [7, 11) is 0. The van der Waals surface area contributed by atoms with Gasteiger partial charge in [-0.15, -0.1) is 0 Å². The normalized spacial score (nSPS) is 26.7. The van der Waals surface area contributed by atoms with E-state index in [9.17, 15) is 4.79 Å². The van der Waals surface area contributed by atoms with Gasteiger partial charge in [0.2, 0.25) is 0 Å². The van der Waals surface area contributed by atoms with Crippen LogP contribution in [0, 0.1) is 23.2 Å². The Hall–Kier alpha value is -2.34. The van der Waals surface area contributed by atoms with Gasteiger partial charge < -0.3 is 4.74 Å². The topological polar surface area (TPSA) is 50.1 Å². The number of benzene rings is 1. The molecule has 2 fully saturated rings. The lowest BCUT2D eigenvalue weighted by atomic mass is 9.79. The number of hydrogen-bond donors (Lipinski definition) is 0. The molecule has 3 nitrogen and oxygen atoms in total. The molecular weight excluding hydrogens is 382 g/mol. The van der Waals surface area contributed by atoms with Crippen LogP contribution in [-0.2, 0) is 16.0 Å². The van der Waals surface area contributed by atoms with Crippen molar-refractivity contribution in [3.8, 4) is 6.07 Å². The number of aryl methyl sites for hydroxylation is 1. The Morgan fingerprint density at radius 3 is 2.39 bits per heavy atom. The minimum Gasteiger partial charge on any atom is -0.462 e. The van der Waals surface area contributed by atoms with Crippen molar-refractivity contribution in [2.24, 2.45) is 11.8 Å². The lowest BCUT2D eigenvalue weighted by Crippen LogP contribution is -2.29. The fraction of sp³-hybridized carbons (Fsp3) is 0.571. The van der Waals surface area contributed by atoms with Crippen LogP contribution >= 0.6 is 0 Å². The molecule has 2 aliphatic carbocycles. The zero-order valence-electron chi connectivity index (χ0n) is 19.0. The van der Waals surface area contributed by atoms with E-state index in [0.29, 0.717) is 11.8 Å². The van der Waals surface area contributed by atoms with E-state index in [2.05, 4.69) is 37.3 Å². The highest BCUT2D eigenvalue weighted by atomic mass is 16.5. The molecule has 166 valence electrons. The molecule has 0 bridgehead atoms. The molecule has 0 amide bonds. The summed E-state index contributed by atoms with van der Waals surface area (Å²) in [5.41, 5.74) is 2.83. The summed E-state index contributed by atoms with van der Waals surface area (Å²) >= 11 is 0. The molecular formula is C28H37NO2. The molecule has 3 rings (SSSR count). The summed E-state index contributed by atoms with van der Waals surface area (Å²) < 4.78 is 5.94. The Kier molecular flexibility index (Phi) is 9.40. The van der Waals surface area contributed by atoms with Crippen LogP contribution in [0.1, 0.15) is 88.2 Å². The third-order valence-electron chi connectivity index (χ3n) is 7.16. The van der Waals surface area contributed by atoms with Crippen molar-refractivity contribution in [3.05, 3.63) is 59.7 Å². The molecule has 0 saturated heterocycles. The number of allylic oxidation sites excluding steroid dienone is 4. The van der Waals surface area contributed by atoms with Crippen molar-refractivity contribution in [1.29, 1.82) is 5.26 Å². The first-order valence-corrected chi connectivity index (χ1v) is 12.2. The average Bonchev–Trinajstić information content (AvgIpc) is 2.82. The number of nitriles is 1. The first-order valence-electron chi connectivity index (χ1n) is 12.2. The van der Waals surface area contributed by atoms with E-state index in [0.717, 1.165) is 64.2 Å². The van der Waals surface area contributed by atoms with Gasteiger partial charge in [0.15, 0.2) is 0 Å². The molecule has 3 heteroatoms. The molecule has 1 aromatic carbocycles. The van der Waals surface area contributed by atoms with Gasteiger partial charge in [-0.1, -0.05) is 49.4 Å². The predicted octanol–water partition coefficient (Wildman–Crippen LogP) is 7.04. The van der Waals surface area contributed by atoms with Crippen LogP contribution in [-0.4, -0.2) is 12.1 Å². The second-order valence-corrected chi connectivity index (χ2v) is 9.22. The molecule has 1 aromatic rings. The smallest absolute Gasteiger partial charge is 0.309 e. The molecule has 0 aromatic heterocycles. The van der Waals surface area contributed by atoms with E-state index >= 15 is 0 Å². The van der Waals surface area contributed by atoms with E-state index in [1.165, 1.54) is 23.6 Å². The summed E-state index contributed by atoms with van der Waals surface area (Å²) in [6, 6.07) is 11.1. The molecule has 0 unspecified atom stereocenters. The standard InChI is InChI=1S/C28H37NO2/c1-2-22-9-13-24(14-10-22)25-17-19-27(20-18-25)31-28(30)26-15-11-23(12-16-26)8-6-4-3-5-7-21-29/h3-5,7,9-10,13-14,23,25-27H,2,6,8,11-12,15-20H2,1H3/t23-,25-,26-,27-. The number of ether oxygens (including phenoxy) is 1. The summed E-state index contributed by atoms with van der Waals surface area (Å²) in [5, 5.41) is 8.47. The van der Waals surface area contributed by atoms with Gasteiger partial charge in [-0.3, -0.25) is 4.79 Å². The van der Waals surface area contributed by atoms with Gasteiger partial charge in [0.25, 0.3) is 0 Å². The van der Waals surface area contributed by atoms with E-state index < -0.39 is 0 Å². The number of carbonyl (C=O) groups excluding carboxylic acids is 1. The van der Waals surface area contributed by atoms with E-state index in [4.69, 9.17) is 10.00 Å². The van der Waals surface area contributed by atoms with Crippen LogP contribution < -0.4 is 0 Å². The monoisotopic (exact) mass is 419 g/mol. The van der Waals surface area contributed by atoms with E-state index in [-0.39, 0.29) is 18.0 Å². The Balaban J connectivity index is 1.33. The zero-order chi connectivity index (χ0) is 21.9. The van der Waals surface area contributed by atoms with E-state index in [1.54, 1.807) is 6.08 Å². The maximum Gasteiger partial charge on any atom is 0.309 e. The molecule has 0 N–H and O–H groups in total. The highest BCUT2D eigenvalue weighted by Crippen LogP contribution is 2.36. The minimum atomic E-state index is 0.0516. The molecule has 2 aliphatic rings. The van der Waals surface area contributed by atoms with Crippen LogP contribution in [0.15, 0.2) is 48.6 Å².